The number of hydrogen-bond acceptors (Lipinski definition) is 3. The molecule has 102 valence electrons. The van der Waals surface area contributed by atoms with Crippen LogP contribution in [0.3, 0.4) is 0 Å². The van der Waals surface area contributed by atoms with Gasteiger partial charge in [-0.1, -0.05) is 29.8 Å². The highest BCUT2D eigenvalue weighted by molar-refractivity contribution is 9.10. The molecule has 0 bridgehead atoms. The molecule has 0 fully saturated rings. The maximum atomic E-state index is 12.0. The van der Waals surface area contributed by atoms with Crippen LogP contribution in [0, 0.1) is 0 Å². The largest absolute Gasteiger partial charge is 0.313 e. The number of anilines is 1. The van der Waals surface area contributed by atoms with E-state index in [2.05, 4.69) is 26.0 Å². The van der Waals surface area contributed by atoms with Gasteiger partial charge in [-0.25, -0.2) is 8.42 Å². The number of nitrogens with one attached hydrogen (secondary N) is 2. The fourth-order valence-corrected chi connectivity index (χ4v) is 2.54. The first-order valence-electron chi connectivity index (χ1n) is 5.82. The SMILES string of the molecule is CC(C)NCC(C)S(=O)(=O)Nc1ccc(Br)cc1. The molecule has 1 unspecified atom stereocenters. The molecule has 0 saturated carbocycles. The highest BCUT2D eigenvalue weighted by atomic mass is 79.9. The first-order valence-corrected chi connectivity index (χ1v) is 8.16. The molecular formula is C12H19BrN2O2S. The Hall–Kier alpha value is -0.590. The van der Waals surface area contributed by atoms with E-state index >= 15 is 0 Å². The Bertz CT molecular complexity index is 471. The van der Waals surface area contributed by atoms with E-state index in [-0.39, 0.29) is 6.04 Å². The van der Waals surface area contributed by atoms with E-state index in [9.17, 15) is 8.42 Å². The molecule has 0 aliphatic heterocycles. The van der Waals surface area contributed by atoms with Crippen LogP contribution in [0.25, 0.3) is 0 Å². The van der Waals surface area contributed by atoms with E-state index in [1.165, 1.54) is 0 Å². The number of halogens is 1. The highest BCUT2D eigenvalue weighted by Crippen LogP contribution is 2.16. The summed E-state index contributed by atoms with van der Waals surface area (Å²) in [6.07, 6.45) is 0. The molecule has 0 aliphatic carbocycles. The molecule has 6 heteroatoms. The summed E-state index contributed by atoms with van der Waals surface area (Å²) in [5.41, 5.74) is 0.578. The Balaban J connectivity index is 2.66. The minimum atomic E-state index is -3.35. The Morgan fingerprint density at radius 3 is 2.22 bits per heavy atom. The van der Waals surface area contributed by atoms with Crippen LogP contribution in [0.1, 0.15) is 20.8 Å². The summed E-state index contributed by atoms with van der Waals surface area (Å²) in [6, 6.07) is 7.33. The van der Waals surface area contributed by atoms with Gasteiger partial charge in [0.1, 0.15) is 0 Å². The van der Waals surface area contributed by atoms with Gasteiger partial charge in [0.05, 0.1) is 5.25 Å². The molecule has 1 rings (SSSR count). The lowest BCUT2D eigenvalue weighted by Gasteiger charge is -2.17. The third-order valence-electron chi connectivity index (χ3n) is 2.45. The van der Waals surface area contributed by atoms with Gasteiger partial charge in [-0.3, -0.25) is 4.72 Å². The van der Waals surface area contributed by atoms with Crippen LogP contribution in [-0.4, -0.2) is 26.3 Å². The Morgan fingerprint density at radius 2 is 1.72 bits per heavy atom. The minimum Gasteiger partial charge on any atom is -0.313 e. The van der Waals surface area contributed by atoms with Crippen molar-refractivity contribution in [3.63, 3.8) is 0 Å². The van der Waals surface area contributed by atoms with Crippen LogP contribution in [0.2, 0.25) is 0 Å². The zero-order valence-corrected chi connectivity index (χ0v) is 13.2. The molecule has 0 saturated heterocycles. The van der Waals surface area contributed by atoms with Gasteiger partial charge in [0.25, 0.3) is 0 Å². The van der Waals surface area contributed by atoms with Crippen molar-refractivity contribution in [3.05, 3.63) is 28.7 Å². The molecular weight excluding hydrogens is 316 g/mol. The Labute approximate surface area is 117 Å². The van der Waals surface area contributed by atoms with Gasteiger partial charge in [0, 0.05) is 22.7 Å². The van der Waals surface area contributed by atoms with Crippen molar-refractivity contribution >= 4 is 31.6 Å². The third-order valence-corrected chi connectivity index (χ3v) is 4.72. The van der Waals surface area contributed by atoms with Crippen LogP contribution in [0.5, 0.6) is 0 Å². The lowest BCUT2D eigenvalue weighted by atomic mass is 10.3. The molecule has 4 nitrogen and oxygen atoms in total. The number of sulfonamides is 1. The van der Waals surface area contributed by atoms with Gasteiger partial charge in [-0.15, -0.1) is 0 Å². The maximum absolute atomic E-state index is 12.0. The summed E-state index contributed by atoms with van der Waals surface area (Å²) >= 11 is 3.31. The average Bonchev–Trinajstić information content (AvgIpc) is 2.28. The van der Waals surface area contributed by atoms with E-state index < -0.39 is 15.3 Å². The molecule has 2 N–H and O–H groups in total. The molecule has 1 aromatic carbocycles. The van der Waals surface area contributed by atoms with Gasteiger partial charge in [0.2, 0.25) is 10.0 Å². The fraction of sp³-hybridized carbons (Fsp3) is 0.500. The van der Waals surface area contributed by atoms with Crippen LogP contribution in [0.4, 0.5) is 5.69 Å². The smallest absolute Gasteiger partial charge is 0.236 e. The van der Waals surface area contributed by atoms with Crippen LogP contribution in [-0.2, 0) is 10.0 Å². The molecule has 1 aromatic rings. The topological polar surface area (TPSA) is 58.2 Å². The van der Waals surface area contributed by atoms with Crippen molar-refractivity contribution in [2.75, 3.05) is 11.3 Å². The van der Waals surface area contributed by atoms with Gasteiger partial charge < -0.3 is 5.32 Å². The second-order valence-electron chi connectivity index (χ2n) is 4.53. The monoisotopic (exact) mass is 334 g/mol. The second-order valence-corrected chi connectivity index (χ2v) is 7.54. The van der Waals surface area contributed by atoms with E-state index in [4.69, 9.17) is 0 Å². The summed E-state index contributed by atoms with van der Waals surface area (Å²) in [5, 5.41) is 2.64. The molecule has 0 amide bonds. The lowest BCUT2D eigenvalue weighted by molar-refractivity contribution is 0.553. The highest BCUT2D eigenvalue weighted by Gasteiger charge is 2.20. The summed E-state index contributed by atoms with van der Waals surface area (Å²) < 4.78 is 27.6. The quantitative estimate of drug-likeness (QED) is 0.840. The Morgan fingerprint density at radius 1 is 1.17 bits per heavy atom. The van der Waals surface area contributed by atoms with Crippen molar-refractivity contribution in [1.29, 1.82) is 0 Å². The zero-order chi connectivity index (χ0) is 13.8. The van der Waals surface area contributed by atoms with Crippen molar-refractivity contribution in [2.24, 2.45) is 0 Å². The molecule has 0 radical (unpaired) electrons. The second kappa shape index (κ2) is 6.54. The van der Waals surface area contributed by atoms with Gasteiger partial charge in [-0.05, 0) is 31.2 Å². The minimum absolute atomic E-state index is 0.273. The van der Waals surface area contributed by atoms with E-state index in [0.717, 1.165) is 4.47 Å². The number of benzene rings is 1. The maximum Gasteiger partial charge on any atom is 0.236 e. The predicted octanol–water partition coefficient (Wildman–Crippen LogP) is 2.58. The first-order chi connectivity index (χ1) is 8.31. The lowest BCUT2D eigenvalue weighted by Crippen LogP contribution is -2.37. The van der Waals surface area contributed by atoms with Crippen LogP contribution in [0.15, 0.2) is 28.7 Å². The molecule has 0 aliphatic rings. The summed E-state index contributed by atoms with van der Waals surface area (Å²) in [4.78, 5) is 0. The van der Waals surface area contributed by atoms with Crippen molar-refractivity contribution in [1.82, 2.24) is 5.32 Å². The molecule has 0 spiro atoms. The molecule has 1 atom stereocenters. The van der Waals surface area contributed by atoms with Crippen LogP contribution >= 0.6 is 15.9 Å². The molecule has 0 heterocycles. The van der Waals surface area contributed by atoms with Crippen molar-refractivity contribution in [2.45, 2.75) is 32.1 Å². The van der Waals surface area contributed by atoms with Gasteiger partial charge >= 0.3 is 0 Å². The van der Waals surface area contributed by atoms with Gasteiger partial charge in [0.15, 0.2) is 0 Å². The zero-order valence-electron chi connectivity index (χ0n) is 10.8. The van der Waals surface area contributed by atoms with Crippen LogP contribution < -0.4 is 10.0 Å². The van der Waals surface area contributed by atoms with E-state index in [1.807, 2.05) is 13.8 Å². The van der Waals surface area contributed by atoms with E-state index in [1.54, 1.807) is 31.2 Å². The summed E-state index contributed by atoms with van der Waals surface area (Å²) in [7, 11) is -3.35. The van der Waals surface area contributed by atoms with Gasteiger partial charge in [-0.2, -0.15) is 0 Å². The normalized spacial score (nSPS) is 13.6. The average molecular weight is 335 g/mol. The number of rotatable bonds is 6. The Kier molecular flexibility index (Phi) is 5.62. The fourth-order valence-electron chi connectivity index (χ4n) is 1.29. The molecule has 18 heavy (non-hydrogen) atoms. The van der Waals surface area contributed by atoms with Crippen molar-refractivity contribution < 1.29 is 8.42 Å². The molecule has 0 aromatic heterocycles. The third kappa shape index (κ3) is 4.96. The predicted molar refractivity (Wildman–Crippen MR) is 79.3 cm³/mol. The first kappa shape index (κ1) is 15.5. The standard InChI is InChI=1S/C12H19BrN2O2S/c1-9(2)14-8-10(3)18(16,17)15-12-6-4-11(13)5-7-12/h4-7,9-10,14-15H,8H2,1-3H3. The summed E-state index contributed by atoms with van der Waals surface area (Å²) in [6.45, 7) is 6.10. The van der Waals surface area contributed by atoms with E-state index in [0.29, 0.717) is 12.2 Å². The van der Waals surface area contributed by atoms with Crippen molar-refractivity contribution in [3.8, 4) is 0 Å². The number of hydrogen-bond donors (Lipinski definition) is 2. The summed E-state index contributed by atoms with van der Waals surface area (Å²) in [5.74, 6) is 0.